The third kappa shape index (κ3) is 1.88. The van der Waals surface area contributed by atoms with Crippen LogP contribution in [0.25, 0.3) is 5.65 Å². The van der Waals surface area contributed by atoms with Gasteiger partial charge in [-0.05, 0) is 24.3 Å². The van der Waals surface area contributed by atoms with Gasteiger partial charge in [-0.1, -0.05) is 18.2 Å². The maximum atomic E-state index is 5.22. The summed E-state index contributed by atoms with van der Waals surface area (Å²) in [5.41, 5.74) is 1.91. The van der Waals surface area contributed by atoms with Gasteiger partial charge >= 0.3 is 0 Å². The smallest absolute Gasteiger partial charge is 0.138 e. The number of nitrogens with one attached hydrogen (secondary N) is 1. The molecule has 2 heterocycles. The van der Waals surface area contributed by atoms with E-state index in [0.717, 1.165) is 22.9 Å². The molecule has 1 N–H and O–H groups in total. The molecule has 0 fully saturated rings. The van der Waals surface area contributed by atoms with Crippen molar-refractivity contribution >= 4 is 17.2 Å². The third-order valence-electron chi connectivity index (χ3n) is 2.76. The fourth-order valence-corrected chi connectivity index (χ4v) is 1.84. The molecule has 4 heteroatoms. The summed E-state index contributed by atoms with van der Waals surface area (Å²) in [6.45, 7) is 0. The van der Waals surface area contributed by atoms with Crippen LogP contribution in [0, 0.1) is 0 Å². The van der Waals surface area contributed by atoms with E-state index in [-0.39, 0.29) is 0 Å². The second-order valence-electron chi connectivity index (χ2n) is 3.93. The molecule has 0 radical (unpaired) electrons. The molecule has 0 atom stereocenters. The highest BCUT2D eigenvalue weighted by molar-refractivity contribution is 5.60. The second kappa shape index (κ2) is 4.41. The van der Waals surface area contributed by atoms with Gasteiger partial charge in [0.25, 0.3) is 0 Å². The van der Waals surface area contributed by atoms with Crippen LogP contribution < -0.4 is 10.1 Å². The van der Waals surface area contributed by atoms with Crippen molar-refractivity contribution < 1.29 is 4.74 Å². The van der Waals surface area contributed by atoms with Gasteiger partial charge in [0.1, 0.15) is 17.2 Å². The highest BCUT2D eigenvalue weighted by Gasteiger charge is 2.04. The predicted molar refractivity (Wildman–Crippen MR) is 71.5 cm³/mol. The molecule has 0 bridgehead atoms. The second-order valence-corrected chi connectivity index (χ2v) is 3.93. The SMILES string of the molecule is COc1ccc2ncc(Nc3ccccc3)n2c1. The molecule has 18 heavy (non-hydrogen) atoms. The zero-order valence-electron chi connectivity index (χ0n) is 10.00. The molecule has 3 rings (SSSR count). The van der Waals surface area contributed by atoms with Gasteiger partial charge in [0.2, 0.25) is 0 Å². The lowest BCUT2D eigenvalue weighted by atomic mass is 10.3. The van der Waals surface area contributed by atoms with E-state index in [4.69, 9.17) is 4.74 Å². The van der Waals surface area contributed by atoms with Gasteiger partial charge in [0.05, 0.1) is 19.5 Å². The Kier molecular flexibility index (Phi) is 2.61. The Labute approximate surface area is 105 Å². The Balaban J connectivity index is 2.01. The Morgan fingerprint density at radius 3 is 2.72 bits per heavy atom. The molecule has 0 amide bonds. The Morgan fingerprint density at radius 1 is 1.11 bits per heavy atom. The van der Waals surface area contributed by atoms with E-state index < -0.39 is 0 Å². The summed E-state index contributed by atoms with van der Waals surface area (Å²) in [4.78, 5) is 4.34. The molecule has 90 valence electrons. The molecule has 0 saturated heterocycles. The summed E-state index contributed by atoms with van der Waals surface area (Å²) in [5, 5.41) is 3.32. The molecule has 2 aromatic heterocycles. The number of fused-ring (bicyclic) bond motifs is 1. The molecule has 0 unspecified atom stereocenters. The van der Waals surface area contributed by atoms with Crippen LogP contribution >= 0.6 is 0 Å². The number of hydrogen-bond acceptors (Lipinski definition) is 3. The standard InChI is InChI=1S/C14H13N3O/c1-18-12-7-8-13-15-9-14(17(13)10-12)16-11-5-3-2-4-6-11/h2-10,16H,1H3. The quantitative estimate of drug-likeness (QED) is 0.763. The minimum atomic E-state index is 0.802. The van der Waals surface area contributed by atoms with Crippen LogP contribution in [0.1, 0.15) is 0 Å². The lowest BCUT2D eigenvalue weighted by molar-refractivity contribution is 0.412. The van der Waals surface area contributed by atoms with E-state index in [2.05, 4.69) is 10.3 Å². The van der Waals surface area contributed by atoms with Crippen LogP contribution in [0.2, 0.25) is 0 Å². The monoisotopic (exact) mass is 239 g/mol. The normalized spacial score (nSPS) is 10.5. The third-order valence-corrected chi connectivity index (χ3v) is 2.76. The van der Waals surface area contributed by atoms with Gasteiger partial charge in [0.15, 0.2) is 0 Å². The summed E-state index contributed by atoms with van der Waals surface area (Å²) in [6, 6.07) is 13.8. The van der Waals surface area contributed by atoms with Crippen molar-refractivity contribution in [1.29, 1.82) is 0 Å². The summed E-state index contributed by atoms with van der Waals surface area (Å²) < 4.78 is 7.18. The number of benzene rings is 1. The molecule has 3 aromatic rings. The van der Waals surface area contributed by atoms with Crippen molar-refractivity contribution in [2.75, 3.05) is 12.4 Å². The van der Waals surface area contributed by atoms with E-state index in [1.165, 1.54) is 0 Å². The van der Waals surface area contributed by atoms with E-state index in [0.29, 0.717) is 0 Å². The predicted octanol–water partition coefficient (Wildman–Crippen LogP) is 3.09. The van der Waals surface area contributed by atoms with Crippen molar-refractivity contribution in [3.63, 3.8) is 0 Å². The van der Waals surface area contributed by atoms with E-state index in [1.807, 2.05) is 59.3 Å². The van der Waals surface area contributed by atoms with Crippen LogP contribution in [0.15, 0.2) is 54.9 Å². The van der Waals surface area contributed by atoms with E-state index >= 15 is 0 Å². The summed E-state index contributed by atoms with van der Waals surface area (Å²) in [7, 11) is 1.66. The van der Waals surface area contributed by atoms with Crippen LogP contribution in [-0.4, -0.2) is 16.5 Å². The van der Waals surface area contributed by atoms with E-state index in [9.17, 15) is 0 Å². The van der Waals surface area contributed by atoms with Gasteiger partial charge in [0, 0.05) is 5.69 Å². The van der Waals surface area contributed by atoms with Crippen LogP contribution in [0.3, 0.4) is 0 Å². The first-order chi connectivity index (χ1) is 8.86. The average molecular weight is 239 g/mol. The lowest BCUT2D eigenvalue weighted by Crippen LogP contribution is -1.95. The number of pyridine rings is 1. The molecule has 1 aromatic carbocycles. The molecule has 0 aliphatic rings. The van der Waals surface area contributed by atoms with Gasteiger partial charge in [-0.15, -0.1) is 0 Å². The highest BCUT2D eigenvalue weighted by Crippen LogP contribution is 2.20. The zero-order valence-corrected chi connectivity index (χ0v) is 10.00. The first-order valence-corrected chi connectivity index (χ1v) is 5.70. The molecular weight excluding hydrogens is 226 g/mol. The number of anilines is 2. The number of methoxy groups -OCH3 is 1. The summed E-state index contributed by atoms with van der Waals surface area (Å²) in [5.74, 6) is 1.71. The fraction of sp³-hybridized carbons (Fsp3) is 0.0714. The molecular formula is C14H13N3O. The number of rotatable bonds is 3. The molecule has 0 saturated carbocycles. The minimum absolute atomic E-state index is 0.802. The van der Waals surface area contributed by atoms with Crippen molar-refractivity contribution in [1.82, 2.24) is 9.38 Å². The number of nitrogens with zero attached hydrogens (tertiary/aromatic N) is 2. The first-order valence-electron chi connectivity index (χ1n) is 5.70. The number of imidazole rings is 1. The Morgan fingerprint density at radius 2 is 1.94 bits per heavy atom. The largest absolute Gasteiger partial charge is 0.495 e. The fourth-order valence-electron chi connectivity index (χ4n) is 1.84. The Bertz CT molecular complexity index is 661. The van der Waals surface area contributed by atoms with Crippen molar-refractivity contribution in [2.45, 2.75) is 0 Å². The van der Waals surface area contributed by atoms with Crippen molar-refractivity contribution in [2.24, 2.45) is 0 Å². The minimum Gasteiger partial charge on any atom is -0.495 e. The zero-order chi connectivity index (χ0) is 12.4. The number of hydrogen-bond donors (Lipinski definition) is 1. The number of para-hydroxylation sites is 1. The summed E-state index contributed by atoms with van der Waals surface area (Å²) >= 11 is 0. The van der Waals surface area contributed by atoms with Crippen LogP contribution in [0.4, 0.5) is 11.5 Å². The van der Waals surface area contributed by atoms with Gasteiger partial charge in [-0.25, -0.2) is 4.98 Å². The van der Waals surface area contributed by atoms with Crippen LogP contribution in [-0.2, 0) is 0 Å². The maximum absolute atomic E-state index is 5.22. The first kappa shape index (κ1) is 10.7. The lowest BCUT2D eigenvalue weighted by Gasteiger charge is -2.06. The van der Waals surface area contributed by atoms with E-state index in [1.54, 1.807) is 7.11 Å². The number of aromatic nitrogens is 2. The van der Waals surface area contributed by atoms with Crippen molar-refractivity contribution in [3.8, 4) is 5.75 Å². The Hall–Kier alpha value is -2.49. The topological polar surface area (TPSA) is 38.6 Å². The molecule has 4 nitrogen and oxygen atoms in total. The van der Waals surface area contributed by atoms with Crippen molar-refractivity contribution in [3.05, 3.63) is 54.9 Å². The van der Waals surface area contributed by atoms with Gasteiger partial charge in [-0.2, -0.15) is 0 Å². The number of ether oxygens (including phenoxy) is 1. The maximum Gasteiger partial charge on any atom is 0.138 e. The molecule has 0 spiro atoms. The molecule has 0 aliphatic heterocycles. The van der Waals surface area contributed by atoms with Gasteiger partial charge < -0.3 is 10.1 Å². The van der Waals surface area contributed by atoms with Gasteiger partial charge in [-0.3, -0.25) is 4.40 Å². The van der Waals surface area contributed by atoms with Crippen LogP contribution in [0.5, 0.6) is 5.75 Å². The highest BCUT2D eigenvalue weighted by atomic mass is 16.5. The summed E-state index contributed by atoms with van der Waals surface area (Å²) in [6.07, 6.45) is 3.72. The molecule has 0 aliphatic carbocycles. The average Bonchev–Trinajstić information content (AvgIpc) is 2.82.